The number of aryl methyl sites for hydroxylation is 1. The maximum absolute atomic E-state index is 5.68. The first-order valence-corrected chi connectivity index (χ1v) is 5.09. The van der Waals surface area contributed by atoms with Crippen LogP contribution in [-0.4, -0.2) is 18.6 Å². The Morgan fingerprint density at radius 1 is 1.50 bits per heavy atom. The van der Waals surface area contributed by atoms with Crippen molar-refractivity contribution >= 4 is 22.9 Å². The molecule has 0 fully saturated rings. The van der Waals surface area contributed by atoms with Crippen molar-refractivity contribution in [3.63, 3.8) is 0 Å². The zero-order chi connectivity index (χ0) is 10.7. The normalized spacial score (nSPS) is 9.93. The van der Waals surface area contributed by atoms with Crippen LogP contribution in [0.25, 0.3) is 0 Å². The second-order valence-electron chi connectivity index (χ2n) is 3.35. The third kappa shape index (κ3) is 2.04. The van der Waals surface area contributed by atoms with E-state index < -0.39 is 0 Å². The molecule has 0 heterocycles. The first kappa shape index (κ1) is 11.0. The van der Waals surface area contributed by atoms with Gasteiger partial charge in [0.15, 0.2) is 0 Å². The molecule has 1 aromatic carbocycles. The zero-order valence-corrected chi connectivity index (χ0v) is 9.69. The number of thiocarbonyl (C=S) groups is 1. The second kappa shape index (κ2) is 4.42. The fourth-order valence-corrected chi connectivity index (χ4v) is 1.69. The van der Waals surface area contributed by atoms with E-state index in [2.05, 4.69) is 24.8 Å². The number of rotatable bonds is 3. The van der Waals surface area contributed by atoms with Gasteiger partial charge in [-0.15, -0.1) is 0 Å². The summed E-state index contributed by atoms with van der Waals surface area (Å²) in [6, 6.07) is 6.02. The molecule has 0 spiro atoms. The topological polar surface area (TPSA) is 29.3 Å². The van der Waals surface area contributed by atoms with Crippen molar-refractivity contribution in [2.75, 3.05) is 18.5 Å². The highest BCUT2D eigenvalue weighted by Gasteiger charge is 2.10. The maximum atomic E-state index is 5.68. The lowest BCUT2D eigenvalue weighted by molar-refractivity contribution is 0.959. The molecule has 0 unspecified atom stereocenters. The van der Waals surface area contributed by atoms with E-state index in [4.69, 9.17) is 18.0 Å². The summed E-state index contributed by atoms with van der Waals surface area (Å²) in [6.07, 6.45) is 0. The highest BCUT2D eigenvalue weighted by Crippen LogP contribution is 2.23. The van der Waals surface area contributed by atoms with Gasteiger partial charge < -0.3 is 10.6 Å². The number of hydrogen-bond donors (Lipinski definition) is 1. The molecule has 1 aromatic rings. The van der Waals surface area contributed by atoms with Gasteiger partial charge in [-0.3, -0.25) is 0 Å². The maximum Gasteiger partial charge on any atom is 0.106 e. The van der Waals surface area contributed by atoms with E-state index in [1.165, 1.54) is 5.56 Å². The highest BCUT2D eigenvalue weighted by molar-refractivity contribution is 7.80. The molecule has 14 heavy (non-hydrogen) atoms. The quantitative estimate of drug-likeness (QED) is 0.771. The molecule has 0 aliphatic rings. The van der Waals surface area contributed by atoms with Crippen LogP contribution in [0.1, 0.15) is 18.1 Å². The molecule has 2 N–H and O–H groups in total. The molecule has 0 aliphatic heterocycles. The summed E-state index contributed by atoms with van der Waals surface area (Å²) in [4.78, 5) is 2.62. The van der Waals surface area contributed by atoms with Crippen molar-refractivity contribution in [2.45, 2.75) is 13.8 Å². The van der Waals surface area contributed by atoms with Crippen LogP contribution in [0.4, 0.5) is 5.69 Å². The van der Waals surface area contributed by atoms with Gasteiger partial charge in [0.25, 0.3) is 0 Å². The van der Waals surface area contributed by atoms with Gasteiger partial charge >= 0.3 is 0 Å². The van der Waals surface area contributed by atoms with E-state index in [-0.39, 0.29) is 0 Å². The third-order valence-electron chi connectivity index (χ3n) is 2.36. The average molecular weight is 208 g/mol. The molecular formula is C11H16N2S. The molecule has 0 aliphatic carbocycles. The number of benzene rings is 1. The van der Waals surface area contributed by atoms with E-state index in [0.717, 1.165) is 17.8 Å². The van der Waals surface area contributed by atoms with Gasteiger partial charge in [-0.1, -0.05) is 24.4 Å². The first-order valence-electron chi connectivity index (χ1n) is 4.68. The van der Waals surface area contributed by atoms with Gasteiger partial charge in [-0.05, 0) is 25.5 Å². The number of para-hydroxylation sites is 1. The summed E-state index contributed by atoms with van der Waals surface area (Å²) in [5.41, 5.74) is 8.99. The lowest BCUT2D eigenvalue weighted by atomic mass is 10.1. The Morgan fingerprint density at radius 3 is 2.64 bits per heavy atom. The number of nitrogens with zero attached hydrogens (tertiary/aromatic N) is 1. The lowest BCUT2D eigenvalue weighted by Gasteiger charge is -2.22. The Morgan fingerprint density at radius 2 is 2.14 bits per heavy atom. The van der Waals surface area contributed by atoms with Gasteiger partial charge in [0.1, 0.15) is 4.99 Å². The standard InChI is InChI=1S/C11H16N2S/c1-4-13(3)10-8(2)6-5-7-9(10)11(12)14/h5-7H,4H2,1-3H3,(H2,12,14). The smallest absolute Gasteiger partial charge is 0.106 e. The van der Waals surface area contributed by atoms with Crippen molar-refractivity contribution in [3.8, 4) is 0 Å². The molecule has 0 radical (unpaired) electrons. The van der Waals surface area contributed by atoms with E-state index in [1.807, 2.05) is 19.2 Å². The van der Waals surface area contributed by atoms with Crippen LogP contribution in [0, 0.1) is 6.92 Å². The van der Waals surface area contributed by atoms with Crippen LogP contribution in [0.5, 0.6) is 0 Å². The van der Waals surface area contributed by atoms with Crippen molar-refractivity contribution in [1.82, 2.24) is 0 Å². The monoisotopic (exact) mass is 208 g/mol. The fourth-order valence-electron chi connectivity index (χ4n) is 1.52. The van der Waals surface area contributed by atoms with E-state index in [0.29, 0.717) is 4.99 Å². The molecule has 0 saturated heterocycles. The minimum Gasteiger partial charge on any atom is -0.389 e. The van der Waals surface area contributed by atoms with E-state index in [9.17, 15) is 0 Å². The highest BCUT2D eigenvalue weighted by atomic mass is 32.1. The summed E-state index contributed by atoms with van der Waals surface area (Å²) in [5, 5.41) is 0. The summed E-state index contributed by atoms with van der Waals surface area (Å²) >= 11 is 5.03. The number of nitrogens with two attached hydrogens (primary N) is 1. The Labute approximate surface area is 90.7 Å². The van der Waals surface area contributed by atoms with Crippen LogP contribution >= 0.6 is 12.2 Å². The molecule has 0 amide bonds. The minimum atomic E-state index is 0.462. The molecule has 0 bridgehead atoms. The Balaban J connectivity index is 3.29. The van der Waals surface area contributed by atoms with Crippen LogP contribution in [-0.2, 0) is 0 Å². The minimum absolute atomic E-state index is 0.462. The Kier molecular flexibility index (Phi) is 3.47. The third-order valence-corrected chi connectivity index (χ3v) is 2.58. The summed E-state index contributed by atoms with van der Waals surface area (Å²) in [5.74, 6) is 0. The van der Waals surface area contributed by atoms with Crippen molar-refractivity contribution in [2.24, 2.45) is 5.73 Å². The first-order chi connectivity index (χ1) is 6.57. The molecule has 2 nitrogen and oxygen atoms in total. The molecule has 1 rings (SSSR count). The SMILES string of the molecule is CCN(C)c1c(C)cccc1C(N)=S. The Hall–Kier alpha value is -1.09. The summed E-state index contributed by atoms with van der Waals surface area (Å²) in [7, 11) is 2.05. The van der Waals surface area contributed by atoms with Gasteiger partial charge in [0.2, 0.25) is 0 Å². The number of hydrogen-bond acceptors (Lipinski definition) is 2. The van der Waals surface area contributed by atoms with Gasteiger partial charge in [-0.25, -0.2) is 0 Å². The Bertz CT molecular complexity index is 347. The van der Waals surface area contributed by atoms with Crippen LogP contribution in [0.15, 0.2) is 18.2 Å². The largest absolute Gasteiger partial charge is 0.389 e. The van der Waals surface area contributed by atoms with Gasteiger partial charge in [0, 0.05) is 24.8 Å². The van der Waals surface area contributed by atoms with Crippen LogP contribution in [0.3, 0.4) is 0 Å². The summed E-state index contributed by atoms with van der Waals surface area (Å²) < 4.78 is 0. The molecule has 3 heteroatoms. The molecule has 0 saturated carbocycles. The van der Waals surface area contributed by atoms with Crippen molar-refractivity contribution in [1.29, 1.82) is 0 Å². The van der Waals surface area contributed by atoms with Crippen molar-refractivity contribution in [3.05, 3.63) is 29.3 Å². The second-order valence-corrected chi connectivity index (χ2v) is 3.79. The predicted octanol–water partition coefficient (Wildman–Crippen LogP) is 2.09. The van der Waals surface area contributed by atoms with Crippen LogP contribution < -0.4 is 10.6 Å². The van der Waals surface area contributed by atoms with Crippen LogP contribution in [0.2, 0.25) is 0 Å². The molecule has 76 valence electrons. The lowest BCUT2D eigenvalue weighted by Crippen LogP contribution is -2.22. The molecular weight excluding hydrogens is 192 g/mol. The average Bonchev–Trinajstić information content (AvgIpc) is 2.16. The molecule has 0 atom stereocenters. The van der Waals surface area contributed by atoms with E-state index >= 15 is 0 Å². The summed E-state index contributed by atoms with van der Waals surface area (Å²) in [6.45, 7) is 5.12. The van der Waals surface area contributed by atoms with Gasteiger partial charge in [0.05, 0.1) is 0 Å². The number of anilines is 1. The molecule has 0 aromatic heterocycles. The zero-order valence-electron chi connectivity index (χ0n) is 8.87. The fraction of sp³-hybridized carbons (Fsp3) is 0.364. The van der Waals surface area contributed by atoms with Gasteiger partial charge in [-0.2, -0.15) is 0 Å². The predicted molar refractivity (Wildman–Crippen MR) is 66.0 cm³/mol. The van der Waals surface area contributed by atoms with Crippen molar-refractivity contribution < 1.29 is 0 Å². The van der Waals surface area contributed by atoms with E-state index in [1.54, 1.807) is 0 Å².